The molecule has 2 bridgehead atoms. The lowest BCUT2D eigenvalue weighted by atomic mass is 9.70. The molecule has 3 aromatic carbocycles. The summed E-state index contributed by atoms with van der Waals surface area (Å²) in [6.07, 6.45) is 0.576. The Morgan fingerprint density at radius 3 is 2.05 bits per heavy atom. The van der Waals surface area contributed by atoms with Gasteiger partial charge in [-0.25, -0.2) is 9.29 Å². The third-order valence-corrected chi connectivity index (χ3v) is 8.14. The molecule has 0 saturated carbocycles. The molecule has 2 amide bonds. The number of hydrazone groups is 1. The lowest BCUT2D eigenvalue weighted by molar-refractivity contribution is -0.125. The highest BCUT2D eigenvalue weighted by atomic mass is 19.1. The van der Waals surface area contributed by atoms with Gasteiger partial charge in [0.25, 0.3) is 0 Å². The highest BCUT2D eigenvalue weighted by Crippen LogP contribution is 2.56. The van der Waals surface area contributed by atoms with Gasteiger partial charge in [-0.1, -0.05) is 36.4 Å². The highest BCUT2D eigenvalue weighted by Gasteiger charge is 2.72. The van der Waals surface area contributed by atoms with Gasteiger partial charge in [0.05, 0.1) is 65.0 Å². The summed E-state index contributed by atoms with van der Waals surface area (Å²) < 4.78 is 20.0. The number of carbonyl (C=O) groups excluding carboxylic acids is 2. The first kappa shape index (κ1) is 22.3. The zero-order chi connectivity index (χ0) is 26.2. The van der Waals surface area contributed by atoms with E-state index in [-0.39, 0.29) is 23.8 Å². The minimum atomic E-state index is -0.654. The first-order valence-corrected chi connectivity index (χ1v) is 12.8. The number of carbonyl (C=O) groups is 2. The van der Waals surface area contributed by atoms with Crippen LogP contribution in [0.1, 0.15) is 5.69 Å². The van der Waals surface area contributed by atoms with Crippen molar-refractivity contribution in [1.82, 2.24) is 15.0 Å². The molecule has 10 heteroatoms. The maximum Gasteiger partial charge on any atom is 0.240 e. The molecule has 0 N–H and O–H groups in total. The second kappa shape index (κ2) is 8.15. The van der Waals surface area contributed by atoms with E-state index in [9.17, 15) is 14.0 Å². The number of ether oxygens (including phenoxy) is 1. The third-order valence-electron chi connectivity index (χ3n) is 8.14. The molecule has 4 aliphatic rings. The molecule has 192 valence electrons. The number of rotatable bonds is 4. The molecule has 0 spiro atoms. The third kappa shape index (κ3) is 3.12. The van der Waals surface area contributed by atoms with E-state index in [0.29, 0.717) is 17.1 Å². The van der Waals surface area contributed by atoms with Crippen LogP contribution in [0.4, 0.5) is 15.8 Å². The van der Waals surface area contributed by atoms with Crippen molar-refractivity contribution in [2.24, 2.45) is 22.9 Å². The number of imide groups is 1. The number of fused-ring (bicyclic) bond motifs is 8. The molecule has 5 heterocycles. The summed E-state index contributed by atoms with van der Waals surface area (Å²) in [5.74, 6) is -2.67. The fraction of sp³-hybridized carbons (Fsp3) is 0.207. The van der Waals surface area contributed by atoms with Crippen LogP contribution in [0.2, 0.25) is 0 Å². The Morgan fingerprint density at radius 1 is 0.718 bits per heavy atom. The van der Waals surface area contributed by atoms with E-state index in [1.807, 2.05) is 65.7 Å². The van der Waals surface area contributed by atoms with Gasteiger partial charge in [-0.05, 0) is 48.5 Å². The first-order chi connectivity index (χ1) is 19.1. The van der Waals surface area contributed by atoms with Crippen LogP contribution in [0.5, 0.6) is 0 Å². The van der Waals surface area contributed by atoms with E-state index in [4.69, 9.17) is 14.9 Å². The summed E-state index contributed by atoms with van der Waals surface area (Å²) in [5.41, 5.74) is 3.31. The van der Waals surface area contributed by atoms with Gasteiger partial charge in [0, 0.05) is 0 Å². The summed E-state index contributed by atoms with van der Waals surface area (Å²) in [5, 5.41) is 16.1. The van der Waals surface area contributed by atoms with Gasteiger partial charge in [-0.15, -0.1) is 5.10 Å². The zero-order valence-electron chi connectivity index (χ0n) is 20.4. The number of anilines is 2. The van der Waals surface area contributed by atoms with Gasteiger partial charge >= 0.3 is 0 Å². The highest BCUT2D eigenvalue weighted by molar-refractivity contribution is 6.23. The molecule has 9 nitrogen and oxygen atoms in total. The number of hydrogen-bond acceptors (Lipinski definition) is 7. The van der Waals surface area contributed by atoms with Crippen molar-refractivity contribution in [2.75, 3.05) is 9.91 Å². The second-order valence-corrected chi connectivity index (χ2v) is 10.1. The van der Waals surface area contributed by atoms with Crippen LogP contribution in [0.3, 0.4) is 0 Å². The number of nitrogens with zero attached hydrogens (tertiary/aromatic N) is 6. The molecular weight excluding hydrogens is 499 g/mol. The molecule has 4 aromatic rings. The van der Waals surface area contributed by atoms with E-state index in [0.717, 1.165) is 11.4 Å². The lowest BCUT2D eigenvalue weighted by Gasteiger charge is -2.32. The molecule has 3 fully saturated rings. The van der Waals surface area contributed by atoms with Gasteiger partial charge in [0.2, 0.25) is 11.8 Å². The van der Waals surface area contributed by atoms with Crippen molar-refractivity contribution in [1.29, 1.82) is 0 Å². The predicted octanol–water partition coefficient (Wildman–Crippen LogP) is 3.20. The van der Waals surface area contributed by atoms with E-state index in [2.05, 4.69) is 5.10 Å². The van der Waals surface area contributed by atoms with Crippen molar-refractivity contribution < 1.29 is 18.7 Å². The summed E-state index contributed by atoms with van der Waals surface area (Å²) in [7, 11) is 0. The van der Waals surface area contributed by atoms with E-state index in [1.165, 1.54) is 29.2 Å². The molecule has 6 atom stereocenters. The van der Waals surface area contributed by atoms with E-state index >= 15 is 0 Å². The fourth-order valence-electron chi connectivity index (χ4n) is 6.56. The van der Waals surface area contributed by atoms with Crippen LogP contribution in [-0.4, -0.2) is 50.8 Å². The van der Waals surface area contributed by atoms with Gasteiger partial charge in [-0.2, -0.15) is 15.0 Å². The van der Waals surface area contributed by atoms with Crippen molar-refractivity contribution >= 4 is 28.9 Å². The number of aromatic nitrogens is 3. The fourth-order valence-corrected chi connectivity index (χ4v) is 6.56. The van der Waals surface area contributed by atoms with Crippen LogP contribution in [0, 0.1) is 23.6 Å². The van der Waals surface area contributed by atoms with Gasteiger partial charge in [0.15, 0.2) is 0 Å². The average molecular weight is 521 g/mol. The standard InChI is InChI=1S/C29H21FN6O3/c30-16-11-13-17(14-12-16)34-28(37)21-22(29(34)38)27-25-23(26(21)39-27)24(33-35(25)18-7-3-1-4-8-18)20-15-31-36(32-20)19-9-5-2-6-10-19/h1-15,21-23,25-27H. The smallest absolute Gasteiger partial charge is 0.240 e. The topological polar surface area (TPSA) is 92.9 Å². The molecule has 6 unspecified atom stereocenters. The minimum absolute atomic E-state index is 0.290. The predicted molar refractivity (Wildman–Crippen MR) is 139 cm³/mol. The van der Waals surface area contributed by atoms with Crippen LogP contribution >= 0.6 is 0 Å². The maximum absolute atomic E-state index is 13.7. The van der Waals surface area contributed by atoms with Crippen LogP contribution < -0.4 is 9.91 Å². The molecule has 0 radical (unpaired) electrons. The number of para-hydroxylation sites is 2. The quantitative estimate of drug-likeness (QED) is 0.384. The Morgan fingerprint density at radius 2 is 1.36 bits per heavy atom. The van der Waals surface area contributed by atoms with Crippen molar-refractivity contribution in [3.63, 3.8) is 0 Å². The second-order valence-electron chi connectivity index (χ2n) is 10.1. The molecule has 1 aromatic heterocycles. The first-order valence-electron chi connectivity index (χ1n) is 12.8. The Balaban J connectivity index is 1.20. The minimum Gasteiger partial charge on any atom is -0.370 e. The molecule has 39 heavy (non-hydrogen) atoms. The molecule has 4 aliphatic heterocycles. The summed E-state index contributed by atoms with van der Waals surface area (Å²) in [6, 6.07) is 24.4. The SMILES string of the molecule is O=C1C2C3OC(C2C(=O)N1c1ccc(F)cc1)C1C3C(c2cnn(-c3ccccc3)n2)=NN1c1ccccc1. The van der Waals surface area contributed by atoms with Crippen molar-refractivity contribution in [3.05, 3.63) is 103 Å². The monoisotopic (exact) mass is 520 g/mol. The van der Waals surface area contributed by atoms with Gasteiger partial charge in [-0.3, -0.25) is 14.6 Å². The number of amides is 2. The Bertz CT molecular complexity index is 1640. The van der Waals surface area contributed by atoms with Crippen LogP contribution in [0.25, 0.3) is 5.69 Å². The summed E-state index contributed by atoms with van der Waals surface area (Å²) >= 11 is 0. The normalized spacial score (nSPS) is 28.7. The Hall–Kier alpha value is -4.70. The Labute approximate surface area is 222 Å². The molecular formula is C29H21FN6O3. The Kier molecular flexibility index (Phi) is 4.66. The number of hydrogen-bond donors (Lipinski definition) is 0. The lowest BCUT2D eigenvalue weighted by Crippen LogP contribution is -2.50. The number of benzene rings is 3. The van der Waals surface area contributed by atoms with Gasteiger partial charge in [0.1, 0.15) is 11.5 Å². The van der Waals surface area contributed by atoms with E-state index < -0.39 is 29.9 Å². The summed E-state index contributed by atoms with van der Waals surface area (Å²) in [6.45, 7) is 0. The maximum atomic E-state index is 13.7. The van der Waals surface area contributed by atoms with Crippen LogP contribution in [0.15, 0.2) is 96.2 Å². The largest absolute Gasteiger partial charge is 0.370 e. The van der Waals surface area contributed by atoms with Crippen molar-refractivity contribution in [2.45, 2.75) is 18.2 Å². The zero-order valence-corrected chi connectivity index (χ0v) is 20.4. The average Bonchev–Trinajstić information content (AvgIpc) is 3.78. The number of halogens is 1. The molecule has 0 aliphatic carbocycles. The summed E-state index contributed by atoms with van der Waals surface area (Å²) in [4.78, 5) is 30.1. The van der Waals surface area contributed by atoms with Crippen molar-refractivity contribution in [3.8, 4) is 5.69 Å². The van der Waals surface area contributed by atoms with Gasteiger partial charge < -0.3 is 4.74 Å². The van der Waals surface area contributed by atoms with Crippen LogP contribution in [-0.2, 0) is 14.3 Å². The molecule has 8 rings (SSSR count). The van der Waals surface area contributed by atoms with E-state index in [1.54, 1.807) is 11.0 Å². The molecule has 3 saturated heterocycles.